The van der Waals surface area contributed by atoms with Gasteiger partial charge in [-0.25, -0.2) is 13.2 Å². The summed E-state index contributed by atoms with van der Waals surface area (Å²) in [7, 11) is -1.60. The largest absolute Gasteiger partial charge is 0.494 e. The van der Waals surface area contributed by atoms with Gasteiger partial charge in [0.15, 0.2) is 0 Å². The molecule has 6 heteroatoms. The minimum atomic E-state index is -2.97. The zero-order chi connectivity index (χ0) is 20.2. The molecule has 0 bridgehead atoms. The minimum absolute atomic E-state index is 0.114. The van der Waals surface area contributed by atoms with Crippen LogP contribution in [0.1, 0.15) is 33.5 Å². The molecule has 0 saturated heterocycles. The summed E-state index contributed by atoms with van der Waals surface area (Å²) in [5.41, 5.74) is 5.52. The van der Waals surface area contributed by atoms with Gasteiger partial charge in [0.05, 0.1) is 25.0 Å². The Balaban J connectivity index is 2.29. The molecule has 27 heavy (non-hydrogen) atoms. The van der Waals surface area contributed by atoms with Crippen molar-refractivity contribution in [3.63, 3.8) is 0 Å². The molecule has 0 spiro atoms. The highest BCUT2D eigenvalue weighted by Gasteiger charge is 2.16. The first kappa shape index (κ1) is 21.0. The second-order valence-corrected chi connectivity index (χ2v) is 8.99. The zero-order valence-corrected chi connectivity index (χ0v) is 17.3. The highest BCUT2D eigenvalue weighted by molar-refractivity contribution is 7.90. The van der Waals surface area contributed by atoms with E-state index in [0.29, 0.717) is 24.3 Å². The number of carbonyl (C=O) groups excluding carboxylic acids is 1. The van der Waals surface area contributed by atoms with Crippen molar-refractivity contribution in [3.05, 3.63) is 52.6 Å². The first-order valence-corrected chi connectivity index (χ1v) is 10.8. The van der Waals surface area contributed by atoms with Gasteiger partial charge in [0.25, 0.3) is 0 Å². The Morgan fingerprint density at radius 2 is 1.70 bits per heavy atom. The number of hydrogen-bond acceptors (Lipinski definition) is 5. The van der Waals surface area contributed by atoms with E-state index in [4.69, 9.17) is 9.47 Å². The van der Waals surface area contributed by atoms with Gasteiger partial charge in [-0.3, -0.25) is 0 Å². The Hall–Kier alpha value is -2.34. The average molecular weight is 391 g/mol. The summed E-state index contributed by atoms with van der Waals surface area (Å²) in [5.74, 6) is 0.474. The number of methoxy groups -OCH3 is 1. The maximum atomic E-state index is 12.0. The van der Waals surface area contributed by atoms with E-state index >= 15 is 0 Å². The first-order chi connectivity index (χ1) is 12.6. The predicted molar refractivity (Wildman–Crippen MR) is 107 cm³/mol. The monoisotopic (exact) mass is 390 g/mol. The quantitative estimate of drug-likeness (QED) is 0.530. The van der Waals surface area contributed by atoms with Gasteiger partial charge in [-0.2, -0.15) is 0 Å². The van der Waals surface area contributed by atoms with Crippen LogP contribution in [-0.2, 0) is 14.6 Å². The molecule has 0 saturated carbocycles. The number of sulfone groups is 1. The van der Waals surface area contributed by atoms with Crippen LogP contribution in [0.2, 0.25) is 0 Å². The second kappa shape index (κ2) is 8.57. The molecule has 0 atom stereocenters. The lowest BCUT2D eigenvalue weighted by molar-refractivity contribution is 0.0600. The fourth-order valence-electron chi connectivity index (χ4n) is 3.18. The zero-order valence-electron chi connectivity index (χ0n) is 16.5. The molecule has 0 heterocycles. The third-order valence-electron chi connectivity index (χ3n) is 4.44. The number of carbonyl (C=O) groups is 1. The maximum absolute atomic E-state index is 12.0. The first-order valence-electron chi connectivity index (χ1n) is 8.74. The summed E-state index contributed by atoms with van der Waals surface area (Å²) in [4.78, 5) is 12.0. The van der Waals surface area contributed by atoms with Crippen LogP contribution >= 0.6 is 0 Å². The van der Waals surface area contributed by atoms with E-state index in [0.717, 1.165) is 27.8 Å². The highest BCUT2D eigenvalue weighted by atomic mass is 32.2. The van der Waals surface area contributed by atoms with Gasteiger partial charge in [-0.15, -0.1) is 0 Å². The van der Waals surface area contributed by atoms with Crippen LogP contribution in [0.4, 0.5) is 0 Å². The lowest BCUT2D eigenvalue weighted by atomic mass is 9.90. The van der Waals surface area contributed by atoms with Crippen molar-refractivity contribution < 1.29 is 22.7 Å². The third-order valence-corrected chi connectivity index (χ3v) is 5.47. The van der Waals surface area contributed by atoms with Gasteiger partial charge in [0, 0.05) is 6.26 Å². The van der Waals surface area contributed by atoms with Crippen LogP contribution in [0.15, 0.2) is 30.3 Å². The normalized spacial score (nSPS) is 11.3. The molecular formula is C21H26O5S. The van der Waals surface area contributed by atoms with Crippen LogP contribution in [0.3, 0.4) is 0 Å². The molecule has 0 aromatic heterocycles. The van der Waals surface area contributed by atoms with Crippen molar-refractivity contribution in [2.24, 2.45) is 0 Å². The number of ether oxygens (including phenoxy) is 2. The molecule has 0 unspecified atom stereocenters. The molecule has 0 radical (unpaired) electrons. The SMILES string of the molecule is COC(=O)c1cccc(-c2c(C)cc(OCCCS(C)(=O)=O)cc2C)c1C. The van der Waals surface area contributed by atoms with Crippen LogP contribution in [0, 0.1) is 20.8 Å². The Kier molecular flexibility index (Phi) is 6.65. The Bertz CT molecular complexity index is 922. The molecule has 0 N–H and O–H groups in total. The average Bonchev–Trinajstić information content (AvgIpc) is 2.58. The van der Waals surface area contributed by atoms with Crippen molar-refractivity contribution in [3.8, 4) is 16.9 Å². The van der Waals surface area contributed by atoms with E-state index in [1.165, 1.54) is 13.4 Å². The Morgan fingerprint density at radius 3 is 2.26 bits per heavy atom. The van der Waals surface area contributed by atoms with E-state index in [-0.39, 0.29) is 11.7 Å². The summed E-state index contributed by atoms with van der Waals surface area (Å²) >= 11 is 0. The summed E-state index contributed by atoms with van der Waals surface area (Å²) in [6.45, 7) is 6.25. The minimum Gasteiger partial charge on any atom is -0.494 e. The number of esters is 1. The van der Waals surface area contributed by atoms with Crippen LogP contribution in [0.5, 0.6) is 5.75 Å². The number of hydrogen-bond donors (Lipinski definition) is 0. The van der Waals surface area contributed by atoms with E-state index in [9.17, 15) is 13.2 Å². The summed E-state index contributed by atoms with van der Waals surface area (Å²) in [6.07, 6.45) is 1.68. The van der Waals surface area contributed by atoms with E-state index in [2.05, 4.69) is 0 Å². The summed E-state index contributed by atoms with van der Waals surface area (Å²) in [6, 6.07) is 9.47. The number of benzene rings is 2. The van der Waals surface area contributed by atoms with Gasteiger partial charge in [0.2, 0.25) is 0 Å². The maximum Gasteiger partial charge on any atom is 0.338 e. The van der Waals surface area contributed by atoms with Crippen LogP contribution < -0.4 is 4.74 Å². The van der Waals surface area contributed by atoms with Crippen molar-refractivity contribution in [2.75, 3.05) is 25.7 Å². The van der Waals surface area contributed by atoms with Gasteiger partial charge in [0.1, 0.15) is 15.6 Å². The summed E-state index contributed by atoms with van der Waals surface area (Å²) < 4.78 is 33.0. The smallest absolute Gasteiger partial charge is 0.338 e. The van der Waals surface area contributed by atoms with Crippen LogP contribution in [0.25, 0.3) is 11.1 Å². The fraction of sp³-hybridized carbons (Fsp3) is 0.381. The van der Waals surface area contributed by atoms with E-state index < -0.39 is 9.84 Å². The van der Waals surface area contributed by atoms with Crippen molar-refractivity contribution in [1.29, 1.82) is 0 Å². The van der Waals surface area contributed by atoms with Gasteiger partial charge in [-0.05, 0) is 73.2 Å². The van der Waals surface area contributed by atoms with Gasteiger partial charge < -0.3 is 9.47 Å². The van der Waals surface area contributed by atoms with E-state index in [1.54, 1.807) is 6.07 Å². The lowest BCUT2D eigenvalue weighted by Gasteiger charge is -2.17. The van der Waals surface area contributed by atoms with Crippen LogP contribution in [-0.4, -0.2) is 40.1 Å². The van der Waals surface area contributed by atoms with Crippen molar-refractivity contribution >= 4 is 15.8 Å². The molecule has 0 aliphatic heterocycles. The molecule has 2 aromatic carbocycles. The fourth-order valence-corrected chi connectivity index (χ4v) is 3.82. The van der Waals surface area contributed by atoms with Gasteiger partial charge >= 0.3 is 5.97 Å². The molecule has 5 nitrogen and oxygen atoms in total. The number of rotatable bonds is 7. The molecule has 0 aliphatic carbocycles. The summed E-state index contributed by atoms with van der Waals surface area (Å²) in [5, 5.41) is 0. The highest BCUT2D eigenvalue weighted by Crippen LogP contribution is 2.34. The molecule has 2 rings (SSSR count). The predicted octanol–water partition coefficient (Wildman–Crippen LogP) is 3.88. The second-order valence-electron chi connectivity index (χ2n) is 6.73. The molecule has 0 fully saturated rings. The Morgan fingerprint density at radius 1 is 1.07 bits per heavy atom. The molecule has 2 aromatic rings. The van der Waals surface area contributed by atoms with Crippen molar-refractivity contribution in [2.45, 2.75) is 27.2 Å². The molecule has 146 valence electrons. The van der Waals surface area contributed by atoms with E-state index in [1.807, 2.05) is 45.0 Å². The Labute approximate surface area is 161 Å². The topological polar surface area (TPSA) is 69.7 Å². The molecular weight excluding hydrogens is 364 g/mol. The number of aryl methyl sites for hydroxylation is 2. The molecule has 0 amide bonds. The third kappa shape index (κ3) is 5.32. The lowest BCUT2D eigenvalue weighted by Crippen LogP contribution is -2.08. The van der Waals surface area contributed by atoms with Crippen molar-refractivity contribution in [1.82, 2.24) is 0 Å². The molecule has 0 aliphatic rings. The standard InChI is InChI=1S/C21H26O5S/c1-14-12-17(26-10-7-11-27(5,23)24)13-15(2)20(14)18-8-6-9-19(16(18)3)21(22)25-4/h6,8-9,12-13H,7,10-11H2,1-5H3. The van der Waals surface area contributed by atoms with Gasteiger partial charge in [-0.1, -0.05) is 12.1 Å².